The third kappa shape index (κ3) is 1.89. The van der Waals surface area contributed by atoms with Gasteiger partial charge >= 0.3 is 0 Å². The molecule has 2 rings (SSSR count). The Hall–Kier alpha value is -1.68. The lowest BCUT2D eigenvalue weighted by molar-refractivity contribution is 0.611. The highest BCUT2D eigenvalue weighted by Gasteiger charge is 2.04. The zero-order valence-electron chi connectivity index (χ0n) is 8.44. The molecule has 0 radical (unpaired) electrons. The van der Waals surface area contributed by atoms with Gasteiger partial charge in [-0.2, -0.15) is 5.10 Å². The Morgan fingerprint density at radius 2 is 2.20 bits per heavy atom. The second kappa shape index (κ2) is 3.82. The van der Waals surface area contributed by atoms with Crippen LogP contribution < -0.4 is 5.73 Å². The molecule has 1 heterocycles. The maximum absolute atomic E-state index is 13.4. The summed E-state index contributed by atoms with van der Waals surface area (Å²) in [5.74, 6) is -0.265. The quantitative estimate of drug-likeness (QED) is 0.810. The Labute approximate surface area is 87.3 Å². The van der Waals surface area contributed by atoms with Crippen LogP contribution in [0.4, 0.5) is 4.39 Å². The number of hydrogen-bond acceptors (Lipinski definition) is 2. The Morgan fingerprint density at radius 1 is 1.40 bits per heavy atom. The molecule has 0 aliphatic rings. The fraction of sp³-hybridized carbons (Fsp3) is 0.182. The summed E-state index contributed by atoms with van der Waals surface area (Å²) in [6.45, 7) is 0.221. The third-order valence-electron chi connectivity index (χ3n) is 2.31. The summed E-state index contributed by atoms with van der Waals surface area (Å²) >= 11 is 0. The molecule has 2 aromatic rings. The zero-order chi connectivity index (χ0) is 10.8. The van der Waals surface area contributed by atoms with E-state index >= 15 is 0 Å². The van der Waals surface area contributed by atoms with Gasteiger partial charge in [-0.1, -0.05) is 12.1 Å². The number of nitrogens with two attached hydrogens (primary N) is 1. The fourth-order valence-electron chi connectivity index (χ4n) is 1.46. The summed E-state index contributed by atoms with van der Waals surface area (Å²) in [7, 11) is 1.83. The summed E-state index contributed by atoms with van der Waals surface area (Å²) < 4.78 is 15.1. The average molecular weight is 205 g/mol. The highest BCUT2D eigenvalue weighted by Crippen LogP contribution is 2.20. The summed E-state index contributed by atoms with van der Waals surface area (Å²) in [5, 5.41) is 4.03. The minimum Gasteiger partial charge on any atom is -0.326 e. The van der Waals surface area contributed by atoms with Crippen molar-refractivity contribution in [1.82, 2.24) is 9.78 Å². The Balaban J connectivity index is 2.42. The van der Waals surface area contributed by atoms with Crippen molar-refractivity contribution < 1.29 is 4.39 Å². The zero-order valence-corrected chi connectivity index (χ0v) is 8.44. The van der Waals surface area contributed by atoms with E-state index in [0.717, 1.165) is 11.1 Å². The first-order valence-electron chi connectivity index (χ1n) is 4.68. The topological polar surface area (TPSA) is 43.8 Å². The number of aryl methyl sites for hydroxylation is 1. The van der Waals surface area contributed by atoms with E-state index in [-0.39, 0.29) is 12.4 Å². The van der Waals surface area contributed by atoms with Gasteiger partial charge in [0.2, 0.25) is 0 Å². The number of nitrogens with zero attached hydrogens (tertiary/aromatic N) is 2. The first-order chi connectivity index (χ1) is 7.20. The molecule has 1 aromatic carbocycles. The number of hydrogen-bond donors (Lipinski definition) is 1. The number of benzene rings is 1. The molecule has 0 aliphatic carbocycles. The molecule has 2 N–H and O–H groups in total. The van der Waals surface area contributed by atoms with E-state index < -0.39 is 0 Å². The van der Waals surface area contributed by atoms with E-state index in [4.69, 9.17) is 5.73 Å². The minimum atomic E-state index is -0.265. The van der Waals surface area contributed by atoms with Crippen molar-refractivity contribution in [3.63, 3.8) is 0 Å². The smallest absolute Gasteiger partial charge is 0.128 e. The van der Waals surface area contributed by atoms with E-state index in [2.05, 4.69) is 5.10 Å². The molecule has 15 heavy (non-hydrogen) atoms. The van der Waals surface area contributed by atoms with Gasteiger partial charge in [0.25, 0.3) is 0 Å². The molecular formula is C11H12FN3. The van der Waals surface area contributed by atoms with Gasteiger partial charge in [0, 0.05) is 30.9 Å². The summed E-state index contributed by atoms with van der Waals surface area (Å²) in [6.07, 6.45) is 3.55. The second-order valence-electron chi connectivity index (χ2n) is 3.41. The van der Waals surface area contributed by atoms with E-state index in [0.29, 0.717) is 5.56 Å². The van der Waals surface area contributed by atoms with Gasteiger partial charge in [-0.3, -0.25) is 4.68 Å². The predicted octanol–water partition coefficient (Wildman–Crippen LogP) is 1.68. The van der Waals surface area contributed by atoms with Gasteiger partial charge < -0.3 is 5.73 Å². The van der Waals surface area contributed by atoms with Crippen LogP contribution in [0.3, 0.4) is 0 Å². The average Bonchev–Trinajstić information content (AvgIpc) is 2.65. The molecule has 0 fully saturated rings. The lowest BCUT2D eigenvalue weighted by atomic mass is 10.1. The van der Waals surface area contributed by atoms with Crippen LogP contribution in [-0.4, -0.2) is 9.78 Å². The highest BCUT2D eigenvalue weighted by atomic mass is 19.1. The minimum absolute atomic E-state index is 0.221. The molecule has 78 valence electrons. The molecule has 4 heteroatoms. The Kier molecular flexibility index (Phi) is 2.51. The molecule has 3 nitrogen and oxygen atoms in total. The highest BCUT2D eigenvalue weighted by molar-refractivity contribution is 5.62. The van der Waals surface area contributed by atoms with Gasteiger partial charge in [-0.05, 0) is 11.6 Å². The molecule has 0 amide bonds. The van der Waals surface area contributed by atoms with Crippen molar-refractivity contribution in [2.24, 2.45) is 12.8 Å². The molecule has 0 aliphatic heterocycles. The number of rotatable bonds is 2. The maximum atomic E-state index is 13.4. The molecule has 0 spiro atoms. The number of aromatic nitrogens is 2. The standard InChI is InChI=1S/C11H12FN3/c1-15-7-10(6-14-15)8-2-3-9(5-13)11(12)4-8/h2-4,6-7H,5,13H2,1H3. The van der Waals surface area contributed by atoms with Crippen LogP contribution in [-0.2, 0) is 13.6 Å². The summed E-state index contributed by atoms with van der Waals surface area (Å²) in [4.78, 5) is 0. The predicted molar refractivity (Wildman–Crippen MR) is 56.5 cm³/mol. The number of halogens is 1. The molecule has 0 saturated carbocycles. The summed E-state index contributed by atoms with van der Waals surface area (Å²) in [5.41, 5.74) is 7.64. The van der Waals surface area contributed by atoms with Crippen molar-refractivity contribution >= 4 is 0 Å². The van der Waals surface area contributed by atoms with Crippen molar-refractivity contribution in [2.75, 3.05) is 0 Å². The van der Waals surface area contributed by atoms with Gasteiger partial charge in [0.05, 0.1) is 6.20 Å². The summed E-state index contributed by atoms with van der Waals surface area (Å²) in [6, 6.07) is 5.04. The molecule has 1 aromatic heterocycles. The van der Waals surface area contributed by atoms with Crippen LogP contribution in [0.15, 0.2) is 30.6 Å². The van der Waals surface area contributed by atoms with E-state index in [1.54, 1.807) is 16.9 Å². The van der Waals surface area contributed by atoms with E-state index in [1.807, 2.05) is 19.3 Å². The van der Waals surface area contributed by atoms with Crippen LogP contribution in [0.25, 0.3) is 11.1 Å². The van der Waals surface area contributed by atoms with Crippen LogP contribution in [0.5, 0.6) is 0 Å². The van der Waals surface area contributed by atoms with E-state index in [9.17, 15) is 4.39 Å². The Bertz CT molecular complexity index is 476. The Morgan fingerprint density at radius 3 is 2.73 bits per heavy atom. The van der Waals surface area contributed by atoms with Crippen molar-refractivity contribution in [3.05, 3.63) is 42.0 Å². The lowest BCUT2D eigenvalue weighted by Gasteiger charge is -2.02. The molecule has 0 saturated heterocycles. The lowest BCUT2D eigenvalue weighted by Crippen LogP contribution is -1.99. The van der Waals surface area contributed by atoms with Crippen LogP contribution in [0.2, 0.25) is 0 Å². The fourth-order valence-corrected chi connectivity index (χ4v) is 1.46. The maximum Gasteiger partial charge on any atom is 0.128 e. The van der Waals surface area contributed by atoms with Crippen LogP contribution in [0, 0.1) is 5.82 Å². The van der Waals surface area contributed by atoms with Crippen molar-refractivity contribution in [2.45, 2.75) is 6.54 Å². The van der Waals surface area contributed by atoms with Gasteiger partial charge in [-0.25, -0.2) is 4.39 Å². The molecular weight excluding hydrogens is 193 g/mol. The molecule has 0 atom stereocenters. The van der Waals surface area contributed by atoms with Crippen LogP contribution >= 0.6 is 0 Å². The van der Waals surface area contributed by atoms with Gasteiger partial charge in [0.15, 0.2) is 0 Å². The van der Waals surface area contributed by atoms with Gasteiger partial charge in [0.1, 0.15) is 5.82 Å². The van der Waals surface area contributed by atoms with Crippen molar-refractivity contribution in [3.8, 4) is 11.1 Å². The van der Waals surface area contributed by atoms with Crippen molar-refractivity contribution in [1.29, 1.82) is 0 Å². The molecule has 0 unspecified atom stereocenters. The third-order valence-corrected chi connectivity index (χ3v) is 2.31. The normalized spacial score (nSPS) is 10.6. The molecule has 0 bridgehead atoms. The first-order valence-corrected chi connectivity index (χ1v) is 4.68. The van der Waals surface area contributed by atoms with Gasteiger partial charge in [-0.15, -0.1) is 0 Å². The SMILES string of the molecule is Cn1cc(-c2ccc(CN)c(F)c2)cn1. The van der Waals surface area contributed by atoms with Crippen LogP contribution in [0.1, 0.15) is 5.56 Å². The first kappa shape index (κ1) is 9.86. The van der Waals surface area contributed by atoms with E-state index in [1.165, 1.54) is 6.07 Å². The monoisotopic (exact) mass is 205 g/mol. The largest absolute Gasteiger partial charge is 0.326 e. The second-order valence-corrected chi connectivity index (χ2v) is 3.41.